The third kappa shape index (κ3) is 4.24. The molecule has 0 aliphatic carbocycles. The summed E-state index contributed by atoms with van der Waals surface area (Å²) in [6, 6.07) is 15.2. The Morgan fingerprint density at radius 2 is 1.93 bits per heavy atom. The van der Waals surface area contributed by atoms with E-state index in [2.05, 4.69) is 10.3 Å². The van der Waals surface area contributed by atoms with Crippen molar-refractivity contribution in [2.45, 2.75) is 0 Å². The van der Waals surface area contributed by atoms with Gasteiger partial charge >= 0.3 is 5.97 Å². The molecular formula is C21H13ClN2O5S. The fraction of sp³-hybridized carbons (Fsp3) is 0.0476. The van der Waals surface area contributed by atoms with Crippen LogP contribution in [0.1, 0.15) is 20.9 Å². The average molecular weight is 441 g/mol. The number of imide groups is 1. The highest BCUT2D eigenvalue weighted by Crippen LogP contribution is 2.32. The number of nitrogens with one attached hydrogen (secondary N) is 1. The molecule has 4 rings (SSSR count). The molecule has 150 valence electrons. The largest absolute Gasteiger partial charge is 0.459 e. The molecule has 1 aromatic carbocycles. The van der Waals surface area contributed by atoms with Crippen molar-refractivity contribution in [3.8, 4) is 10.6 Å². The van der Waals surface area contributed by atoms with E-state index in [1.54, 1.807) is 30.3 Å². The number of pyridine rings is 1. The summed E-state index contributed by atoms with van der Waals surface area (Å²) in [4.78, 5) is 41.9. The molecule has 0 bridgehead atoms. The number of para-hydroxylation sites is 1. The van der Waals surface area contributed by atoms with Gasteiger partial charge in [-0.3, -0.25) is 14.9 Å². The number of carbonyl (C=O) groups excluding carboxylic acids is 3. The first-order valence-electron chi connectivity index (χ1n) is 8.71. The lowest BCUT2D eigenvalue weighted by Crippen LogP contribution is -2.34. The molecule has 0 unspecified atom stereocenters. The van der Waals surface area contributed by atoms with Gasteiger partial charge in [0.25, 0.3) is 11.8 Å². The number of ether oxygens (including phenoxy) is 1. The molecular weight excluding hydrogens is 428 g/mol. The predicted molar refractivity (Wildman–Crippen MR) is 112 cm³/mol. The van der Waals surface area contributed by atoms with E-state index >= 15 is 0 Å². The van der Waals surface area contributed by atoms with Crippen LogP contribution in [0, 0.1) is 0 Å². The molecule has 3 heterocycles. The molecule has 2 amide bonds. The maximum Gasteiger partial charge on any atom is 0.339 e. The number of nitrogens with zero attached hydrogens (tertiary/aromatic N) is 1. The molecule has 0 atom stereocenters. The molecule has 30 heavy (non-hydrogen) atoms. The summed E-state index contributed by atoms with van der Waals surface area (Å²) >= 11 is 7.35. The van der Waals surface area contributed by atoms with Crippen molar-refractivity contribution in [2.75, 3.05) is 6.61 Å². The van der Waals surface area contributed by atoms with Crippen molar-refractivity contribution in [1.29, 1.82) is 0 Å². The number of thiophene rings is 1. The normalized spacial score (nSPS) is 10.7. The van der Waals surface area contributed by atoms with Crippen LogP contribution >= 0.6 is 22.9 Å². The zero-order valence-corrected chi connectivity index (χ0v) is 16.8. The highest BCUT2D eigenvalue weighted by atomic mass is 35.5. The molecule has 1 N–H and O–H groups in total. The van der Waals surface area contributed by atoms with Gasteiger partial charge in [0.15, 0.2) is 12.4 Å². The molecule has 9 heteroatoms. The van der Waals surface area contributed by atoms with Crippen molar-refractivity contribution in [3.05, 3.63) is 76.5 Å². The zero-order valence-electron chi connectivity index (χ0n) is 15.3. The molecule has 0 radical (unpaired) electrons. The Morgan fingerprint density at radius 1 is 1.10 bits per heavy atom. The van der Waals surface area contributed by atoms with E-state index < -0.39 is 24.4 Å². The number of rotatable bonds is 5. The summed E-state index contributed by atoms with van der Waals surface area (Å²) in [5.41, 5.74) is 1.42. The van der Waals surface area contributed by atoms with Gasteiger partial charge in [0.05, 0.1) is 32.3 Å². The average Bonchev–Trinajstić information content (AvgIpc) is 3.43. The Morgan fingerprint density at radius 3 is 2.67 bits per heavy atom. The summed E-state index contributed by atoms with van der Waals surface area (Å²) in [5, 5.41) is 2.68. The molecule has 4 aromatic rings. The maximum atomic E-state index is 12.7. The van der Waals surface area contributed by atoms with Crippen LogP contribution in [0.5, 0.6) is 0 Å². The Bertz CT molecular complexity index is 1250. The first-order chi connectivity index (χ1) is 14.5. The van der Waals surface area contributed by atoms with Gasteiger partial charge in [0.2, 0.25) is 0 Å². The number of hydrogen-bond donors (Lipinski definition) is 1. The van der Waals surface area contributed by atoms with Crippen LogP contribution < -0.4 is 5.32 Å². The third-order valence-corrected chi connectivity index (χ3v) is 5.35. The van der Waals surface area contributed by atoms with Crippen LogP contribution in [0.2, 0.25) is 4.34 Å². The van der Waals surface area contributed by atoms with E-state index in [0.29, 0.717) is 20.9 Å². The highest BCUT2D eigenvalue weighted by molar-refractivity contribution is 7.19. The summed E-state index contributed by atoms with van der Waals surface area (Å²) in [5.74, 6) is -2.22. The number of halogens is 1. The van der Waals surface area contributed by atoms with Crippen LogP contribution in [0.15, 0.2) is 65.3 Å². The van der Waals surface area contributed by atoms with Gasteiger partial charge in [-0.05, 0) is 36.4 Å². The molecule has 0 saturated carbocycles. The SMILES string of the molecule is O=C(COC(=O)c1cc(-c2ccc(Cl)s2)nc2ccccc12)NC(=O)c1ccco1. The number of aromatic nitrogens is 1. The van der Waals surface area contributed by atoms with Crippen molar-refractivity contribution in [2.24, 2.45) is 0 Å². The topological polar surface area (TPSA) is 98.5 Å². The van der Waals surface area contributed by atoms with Crippen molar-refractivity contribution < 1.29 is 23.5 Å². The number of hydrogen-bond acceptors (Lipinski definition) is 7. The molecule has 0 aliphatic rings. The van der Waals surface area contributed by atoms with E-state index in [0.717, 1.165) is 4.88 Å². The van der Waals surface area contributed by atoms with Crippen molar-refractivity contribution >= 4 is 51.6 Å². The van der Waals surface area contributed by atoms with E-state index in [1.165, 1.54) is 29.7 Å². The number of fused-ring (bicyclic) bond motifs is 1. The fourth-order valence-corrected chi connectivity index (χ4v) is 3.77. The third-order valence-electron chi connectivity index (χ3n) is 4.09. The number of carbonyl (C=O) groups is 3. The molecule has 0 saturated heterocycles. The van der Waals surface area contributed by atoms with Gasteiger partial charge < -0.3 is 9.15 Å². The second kappa shape index (κ2) is 8.48. The van der Waals surface area contributed by atoms with Crippen LogP contribution in [0.3, 0.4) is 0 Å². The second-order valence-electron chi connectivity index (χ2n) is 6.11. The quantitative estimate of drug-likeness (QED) is 0.464. The number of amides is 2. The molecule has 3 aromatic heterocycles. The van der Waals surface area contributed by atoms with E-state index in [-0.39, 0.29) is 11.3 Å². The Balaban J connectivity index is 1.53. The molecule has 7 nitrogen and oxygen atoms in total. The first kappa shape index (κ1) is 19.8. The van der Waals surface area contributed by atoms with E-state index in [1.807, 2.05) is 12.1 Å². The molecule has 0 aliphatic heterocycles. The zero-order chi connectivity index (χ0) is 21.1. The number of benzene rings is 1. The smallest absolute Gasteiger partial charge is 0.339 e. The van der Waals surface area contributed by atoms with E-state index in [4.69, 9.17) is 20.8 Å². The number of esters is 1. The van der Waals surface area contributed by atoms with Gasteiger partial charge in [-0.2, -0.15) is 0 Å². The summed E-state index contributed by atoms with van der Waals surface area (Å²) < 4.78 is 10.6. The summed E-state index contributed by atoms with van der Waals surface area (Å²) in [7, 11) is 0. The van der Waals surface area contributed by atoms with Gasteiger partial charge in [-0.15, -0.1) is 11.3 Å². The lowest BCUT2D eigenvalue weighted by atomic mass is 10.1. The number of furan rings is 1. The van der Waals surface area contributed by atoms with Crippen molar-refractivity contribution in [1.82, 2.24) is 10.3 Å². The highest BCUT2D eigenvalue weighted by Gasteiger charge is 2.18. The monoisotopic (exact) mass is 440 g/mol. The first-order valence-corrected chi connectivity index (χ1v) is 9.91. The summed E-state index contributed by atoms with van der Waals surface area (Å²) in [6.45, 7) is -0.623. The van der Waals surface area contributed by atoms with Crippen LogP contribution in [0.4, 0.5) is 0 Å². The Labute approximate surface area is 179 Å². The Hall–Kier alpha value is -3.49. The van der Waals surface area contributed by atoms with Crippen LogP contribution in [-0.2, 0) is 9.53 Å². The lowest BCUT2D eigenvalue weighted by molar-refractivity contribution is -0.123. The minimum Gasteiger partial charge on any atom is -0.459 e. The lowest BCUT2D eigenvalue weighted by Gasteiger charge is -2.09. The predicted octanol–water partition coefficient (Wildman–Crippen LogP) is 4.32. The molecule has 0 spiro atoms. The van der Waals surface area contributed by atoms with Crippen molar-refractivity contribution in [3.63, 3.8) is 0 Å². The van der Waals surface area contributed by atoms with Gasteiger partial charge in [0.1, 0.15) is 0 Å². The van der Waals surface area contributed by atoms with E-state index in [9.17, 15) is 14.4 Å². The van der Waals surface area contributed by atoms with Crippen LogP contribution in [-0.4, -0.2) is 29.4 Å². The second-order valence-corrected chi connectivity index (χ2v) is 7.82. The minimum atomic E-state index is -0.770. The van der Waals surface area contributed by atoms with Gasteiger partial charge in [-0.1, -0.05) is 29.8 Å². The molecule has 0 fully saturated rings. The maximum absolute atomic E-state index is 12.7. The van der Waals surface area contributed by atoms with Crippen LogP contribution in [0.25, 0.3) is 21.5 Å². The summed E-state index contributed by atoms with van der Waals surface area (Å²) in [6.07, 6.45) is 1.31. The Kier molecular flexibility index (Phi) is 5.60. The van der Waals surface area contributed by atoms with Gasteiger partial charge in [0, 0.05) is 5.39 Å². The minimum absolute atomic E-state index is 0.0194. The fourth-order valence-electron chi connectivity index (χ4n) is 2.76. The van der Waals surface area contributed by atoms with Gasteiger partial charge in [-0.25, -0.2) is 9.78 Å². The standard InChI is InChI=1S/C21H13ClN2O5S/c22-18-8-7-17(30-18)15-10-13(12-4-1-2-5-14(12)23-15)21(27)29-11-19(25)24-20(26)16-6-3-9-28-16/h1-10H,11H2,(H,24,25,26).